The fraction of sp³-hybridized carbons (Fsp3) is 0.538. The van der Waals surface area contributed by atoms with Crippen LogP contribution in [0.5, 0.6) is 0 Å². The number of carbonyl (C=O) groups is 2. The smallest absolute Gasteiger partial charge is 0.251 e. The van der Waals surface area contributed by atoms with Crippen molar-refractivity contribution in [3.63, 3.8) is 0 Å². The number of ether oxygens (including phenoxy) is 1. The normalized spacial score (nSPS) is 16.0. The molecule has 4 N–H and O–H groups in total. The van der Waals surface area contributed by atoms with Crippen LogP contribution in [0, 0.1) is 0 Å². The van der Waals surface area contributed by atoms with Crippen molar-refractivity contribution in [2.45, 2.75) is 25.4 Å². The average Bonchev–Trinajstić information content (AvgIpc) is 2.88. The van der Waals surface area contributed by atoms with E-state index in [1.165, 1.54) is 11.3 Å². The fourth-order valence-electron chi connectivity index (χ4n) is 2.07. The lowest BCUT2D eigenvalue weighted by atomic mass is 10.1. The fourth-order valence-corrected chi connectivity index (χ4v) is 2.88. The van der Waals surface area contributed by atoms with Crippen LogP contribution < -0.4 is 16.4 Å². The molecule has 0 spiro atoms. The minimum absolute atomic E-state index is 0.163. The lowest BCUT2D eigenvalue weighted by Gasteiger charge is -2.22. The topological polar surface area (TPSA) is 93.5 Å². The van der Waals surface area contributed by atoms with Crippen LogP contribution in [0.3, 0.4) is 0 Å². The van der Waals surface area contributed by atoms with Gasteiger partial charge in [-0.15, -0.1) is 11.3 Å². The van der Waals surface area contributed by atoms with Gasteiger partial charge in [0.1, 0.15) is 5.00 Å². The van der Waals surface area contributed by atoms with Crippen LogP contribution in [0.25, 0.3) is 0 Å². The number of hydrogen-bond acceptors (Lipinski definition) is 5. The molecule has 0 aromatic carbocycles. The summed E-state index contributed by atoms with van der Waals surface area (Å²) in [5.74, 6) is -0.698. The van der Waals surface area contributed by atoms with Gasteiger partial charge in [-0.2, -0.15) is 0 Å². The summed E-state index contributed by atoms with van der Waals surface area (Å²) in [5, 5.41) is 8.18. The van der Waals surface area contributed by atoms with Crippen molar-refractivity contribution in [3.8, 4) is 0 Å². The third-order valence-corrected chi connectivity index (χ3v) is 3.98. The van der Waals surface area contributed by atoms with E-state index in [2.05, 4.69) is 10.6 Å². The average molecular weight is 297 g/mol. The van der Waals surface area contributed by atoms with E-state index in [9.17, 15) is 9.59 Å². The minimum atomic E-state index is -0.535. The molecule has 1 aromatic rings. The zero-order chi connectivity index (χ0) is 14.4. The highest BCUT2D eigenvalue weighted by Gasteiger charge is 2.15. The van der Waals surface area contributed by atoms with Crippen molar-refractivity contribution >= 4 is 28.2 Å². The maximum Gasteiger partial charge on any atom is 0.251 e. The van der Waals surface area contributed by atoms with E-state index in [0.29, 0.717) is 17.2 Å². The number of hydrogen-bond donors (Lipinski definition) is 3. The number of primary amides is 1. The van der Waals surface area contributed by atoms with Gasteiger partial charge in [-0.05, 0) is 37.4 Å². The summed E-state index contributed by atoms with van der Waals surface area (Å²) >= 11 is 1.29. The first-order chi connectivity index (χ1) is 9.66. The Labute approximate surface area is 121 Å². The van der Waals surface area contributed by atoms with Crippen molar-refractivity contribution in [2.75, 3.05) is 25.0 Å². The van der Waals surface area contributed by atoms with Gasteiger partial charge in [-0.25, -0.2) is 0 Å². The van der Waals surface area contributed by atoms with Crippen LogP contribution in [0.2, 0.25) is 0 Å². The van der Waals surface area contributed by atoms with Crippen LogP contribution in [0.4, 0.5) is 5.00 Å². The lowest BCUT2D eigenvalue weighted by molar-refractivity contribution is -0.117. The highest BCUT2D eigenvalue weighted by Crippen LogP contribution is 2.22. The van der Waals surface area contributed by atoms with Crippen LogP contribution in [0.1, 0.15) is 29.6 Å². The molecule has 0 atom stereocenters. The number of nitrogens with two attached hydrogens (primary N) is 1. The van der Waals surface area contributed by atoms with E-state index in [-0.39, 0.29) is 18.4 Å². The van der Waals surface area contributed by atoms with Crippen LogP contribution in [-0.4, -0.2) is 37.6 Å². The highest BCUT2D eigenvalue weighted by molar-refractivity contribution is 7.14. The summed E-state index contributed by atoms with van der Waals surface area (Å²) < 4.78 is 5.66. The molecule has 20 heavy (non-hydrogen) atoms. The van der Waals surface area contributed by atoms with Crippen LogP contribution in [0.15, 0.2) is 11.4 Å². The summed E-state index contributed by atoms with van der Waals surface area (Å²) in [5.41, 5.74) is 5.57. The molecule has 2 amide bonds. The quantitative estimate of drug-likeness (QED) is 0.728. The Morgan fingerprint density at radius 1 is 1.45 bits per heavy atom. The second-order valence-corrected chi connectivity index (χ2v) is 5.56. The van der Waals surface area contributed by atoms with Crippen molar-refractivity contribution in [1.29, 1.82) is 0 Å². The lowest BCUT2D eigenvalue weighted by Crippen LogP contribution is -2.33. The molecule has 7 heteroatoms. The third-order valence-electron chi connectivity index (χ3n) is 3.15. The number of thiophene rings is 1. The van der Waals surface area contributed by atoms with Crippen LogP contribution in [-0.2, 0) is 9.53 Å². The Morgan fingerprint density at radius 3 is 2.90 bits per heavy atom. The molecule has 1 saturated heterocycles. The van der Waals surface area contributed by atoms with Crippen molar-refractivity contribution in [2.24, 2.45) is 5.73 Å². The zero-order valence-electron chi connectivity index (χ0n) is 11.2. The Hall–Kier alpha value is -1.44. The summed E-state index contributed by atoms with van der Waals surface area (Å²) in [4.78, 5) is 22.9. The van der Waals surface area contributed by atoms with Gasteiger partial charge in [0.2, 0.25) is 5.91 Å². The van der Waals surface area contributed by atoms with E-state index in [1.807, 2.05) is 0 Å². The first-order valence-electron chi connectivity index (χ1n) is 6.66. The molecule has 1 fully saturated rings. The standard InChI is InChI=1S/C13H19N3O3S/c14-12(18)10-4-8-20-13(10)16-11(17)3-7-19-9-1-5-15-6-2-9/h4,8-9,15H,1-3,5-7H2,(H2,14,18)(H,16,17). The third kappa shape index (κ3) is 4.29. The largest absolute Gasteiger partial charge is 0.378 e. The van der Waals surface area contributed by atoms with Crippen molar-refractivity contribution in [1.82, 2.24) is 5.32 Å². The SMILES string of the molecule is NC(=O)c1ccsc1NC(=O)CCOC1CCNCC1. The number of nitrogens with one attached hydrogen (secondary N) is 2. The van der Waals surface area contributed by atoms with Gasteiger partial charge in [0, 0.05) is 0 Å². The van der Waals surface area contributed by atoms with Gasteiger partial charge in [0.05, 0.1) is 24.7 Å². The maximum atomic E-state index is 11.8. The van der Waals surface area contributed by atoms with Crippen molar-refractivity contribution in [3.05, 3.63) is 17.0 Å². The number of carbonyl (C=O) groups excluding carboxylic acids is 2. The summed E-state index contributed by atoms with van der Waals surface area (Å²) in [6, 6.07) is 1.61. The summed E-state index contributed by atoms with van der Waals surface area (Å²) in [6.45, 7) is 2.33. The summed E-state index contributed by atoms with van der Waals surface area (Å²) in [6.07, 6.45) is 2.49. The second kappa shape index (κ2) is 7.37. The Bertz CT molecular complexity index is 469. The van der Waals surface area contributed by atoms with E-state index >= 15 is 0 Å². The number of anilines is 1. The van der Waals surface area contributed by atoms with E-state index in [0.717, 1.165) is 25.9 Å². The van der Waals surface area contributed by atoms with Gasteiger partial charge in [-0.3, -0.25) is 9.59 Å². The molecule has 0 unspecified atom stereocenters. The Kier molecular flexibility index (Phi) is 5.51. The maximum absolute atomic E-state index is 11.8. The van der Waals surface area contributed by atoms with E-state index in [1.54, 1.807) is 11.4 Å². The molecule has 6 nitrogen and oxygen atoms in total. The predicted molar refractivity (Wildman–Crippen MR) is 77.9 cm³/mol. The highest BCUT2D eigenvalue weighted by atomic mass is 32.1. The molecule has 2 rings (SSSR count). The van der Waals surface area contributed by atoms with Gasteiger partial charge in [0.25, 0.3) is 5.91 Å². The van der Waals surface area contributed by atoms with Gasteiger partial charge in [-0.1, -0.05) is 0 Å². The second-order valence-electron chi connectivity index (χ2n) is 4.65. The van der Waals surface area contributed by atoms with E-state index in [4.69, 9.17) is 10.5 Å². The molecule has 110 valence electrons. The molecule has 0 bridgehead atoms. The summed E-state index contributed by atoms with van der Waals surface area (Å²) in [7, 11) is 0. The Balaban J connectivity index is 1.72. The predicted octanol–water partition coefficient (Wildman–Crippen LogP) is 0.944. The minimum Gasteiger partial charge on any atom is -0.378 e. The molecule has 2 heterocycles. The number of rotatable bonds is 6. The van der Waals surface area contributed by atoms with Gasteiger partial charge < -0.3 is 21.1 Å². The Morgan fingerprint density at radius 2 is 2.20 bits per heavy atom. The zero-order valence-corrected chi connectivity index (χ0v) is 12.0. The molecule has 1 aliphatic rings. The number of piperidine rings is 1. The molecule has 1 aromatic heterocycles. The molecule has 0 radical (unpaired) electrons. The first-order valence-corrected chi connectivity index (χ1v) is 7.54. The monoisotopic (exact) mass is 297 g/mol. The molecule has 1 aliphatic heterocycles. The van der Waals surface area contributed by atoms with E-state index < -0.39 is 5.91 Å². The molecule has 0 aliphatic carbocycles. The molecular weight excluding hydrogens is 278 g/mol. The van der Waals surface area contributed by atoms with Crippen LogP contribution >= 0.6 is 11.3 Å². The molecule has 0 saturated carbocycles. The number of amides is 2. The van der Waals surface area contributed by atoms with Gasteiger partial charge >= 0.3 is 0 Å². The van der Waals surface area contributed by atoms with Gasteiger partial charge in [0.15, 0.2) is 0 Å². The van der Waals surface area contributed by atoms with Crippen molar-refractivity contribution < 1.29 is 14.3 Å². The molecular formula is C13H19N3O3S. The first kappa shape index (κ1) is 15.0.